The SMILES string of the molecule is CC[C@@]1(C)OC(C)(C)O[C@@H]1CCCC(=O)OC. The van der Waals surface area contributed by atoms with Crippen LogP contribution in [0.1, 0.15) is 53.4 Å². The van der Waals surface area contributed by atoms with Crippen LogP contribution in [0.4, 0.5) is 0 Å². The Morgan fingerprint density at radius 3 is 2.53 bits per heavy atom. The fourth-order valence-electron chi connectivity index (χ4n) is 2.32. The van der Waals surface area contributed by atoms with E-state index in [0.29, 0.717) is 6.42 Å². The molecule has 17 heavy (non-hydrogen) atoms. The molecule has 1 rings (SSSR count). The minimum absolute atomic E-state index is 0.0483. The van der Waals surface area contributed by atoms with Crippen LogP contribution in [0.5, 0.6) is 0 Å². The van der Waals surface area contributed by atoms with Crippen molar-refractivity contribution in [2.24, 2.45) is 0 Å². The molecule has 0 aromatic rings. The molecule has 4 nitrogen and oxygen atoms in total. The van der Waals surface area contributed by atoms with Gasteiger partial charge in [0.2, 0.25) is 0 Å². The Kier molecular flexibility index (Phi) is 4.55. The van der Waals surface area contributed by atoms with Crippen LogP contribution in [-0.4, -0.2) is 30.6 Å². The van der Waals surface area contributed by atoms with Crippen molar-refractivity contribution in [3.63, 3.8) is 0 Å². The highest BCUT2D eigenvalue weighted by Crippen LogP contribution is 2.40. The first kappa shape index (κ1) is 14.5. The van der Waals surface area contributed by atoms with Crippen molar-refractivity contribution < 1.29 is 19.0 Å². The lowest BCUT2D eigenvalue weighted by Gasteiger charge is -2.27. The minimum Gasteiger partial charge on any atom is -0.469 e. The molecule has 1 aliphatic heterocycles. The van der Waals surface area contributed by atoms with Crippen molar-refractivity contribution in [2.45, 2.75) is 70.9 Å². The van der Waals surface area contributed by atoms with E-state index in [0.717, 1.165) is 19.3 Å². The molecule has 0 aromatic heterocycles. The Bertz CT molecular complexity index is 275. The van der Waals surface area contributed by atoms with Gasteiger partial charge in [-0.2, -0.15) is 0 Å². The number of hydrogen-bond donors (Lipinski definition) is 0. The zero-order chi connectivity index (χ0) is 13.1. The molecule has 1 aliphatic rings. The number of carbonyl (C=O) groups excluding carboxylic acids is 1. The van der Waals surface area contributed by atoms with Gasteiger partial charge in [0, 0.05) is 6.42 Å². The van der Waals surface area contributed by atoms with E-state index in [9.17, 15) is 4.79 Å². The third-order valence-electron chi connectivity index (χ3n) is 3.36. The summed E-state index contributed by atoms with van der Waals surface area (Å²) in [6, 6.07) is 0. The molecule has 100 valence electrons. The first-order valence-electron chi connectivity index (χ1n) is 6.28. The van der Waals surface area contributed by atoms with Crippen LogP contribution in [0, 0.1) is 0 Å². The molecule has 0 aromatic carbocycles. The summed E-state index contributed by atoms with van der Waals surface area (Å²) in [6.07, 6.45) is 2.98. The summed E-state index contributed by atoms with van der Waals surface area (Å²) in [5.41, 5.74) is -0.250. The van der Waals surface area contributed by atoms with Crippen molar-refractivity contribution in [3.8, 4) is 0 Å². The highest BCUT2D eigenvalue weighted by atomic mass is 16.8. The molecule has 0 N–H and O–H groups in total. The van der Waals surface area contributed by atoms with Gasteiger partial charge in [0.05, 0.1) is 18.8 Å². The van der Waals surface area contributed by atoms with Crippen molar-refractivity contribution in [3.05, 3.63) is 0 Å². The number of rotatable bonds is 5. The molecule has 4 heteroatoms. The van der Waals surface area contributed by atoms with Crippen LogP contribution < -0.4 is 0 Å². The van der Waals surface area contributed by atoms with Crippen molar-refractivity contribution in [1.29, 1.82) is 0 Å². The second-order valence-corrected chi connectivity index (χ2v) is 5.24. The van der Waals surface area contributed by atoms with E-state index in [4.69, 9.17) is 9.47 Å². The van der Waals surface area contributed by atoms with Gasteiger partial charge >= 0.3 is 5.97 Å². The molecular weight excluding hydrogens is 220 g/mol. The smallest absolute Gasteiger partial charge is 0.305 e. The Morgan fingerprint density at radius 1 is 1.35 bits per heavy atom. The number of esters is 1. The summed E-state index contributed by atoms with van der Waals surface area (Å²) in [7, 11) is 1.41. The number of carbonyl (C=O) groups is 1. The fourth-order valence-corrected chi connectivity index (χ4v) is 2.32. The van der Waals surface area contributed by atoms with Gasteiger partial charge in [-0.05, 0) is 40.0 Å². The van der Waals surface area contributed by atoms with Crippen LogP contribution in [0.25, 0.3) is 0 Å². The number of methoxy groups -OCH3 is 1. The third-order valence-corrected chi connectivity index (χ3v) is 3.36. The van der Waals surface area contributed by atoms with E-state index < -0.39 is 5.79 Å². The lowest BCUT2D eigenvalue weighted by atomic mass is 9.92. The van der Waals surface area contributed by atoms with E-state index in [1.807, 2.05) is 13.8 Å². The summed E-state index contributed by atoms with van der Waals surface area (Å²) < 4.78 is 16.5. The molecular formula is C13H24O4. The van der Waals surface area contributed by atoms with Gasteiger partial charge in [0.15, 0.2) is 5.79 Å². The van der Waals surface area contributed by atoms with Crippen LogP contribution in [0.15, 0.2) is 0 Å². The predicted octanol–water partition coefficient (Wildman–Crippen LogP) is 2.65. The van der Waals surface area contributed by atoms with Crippen LogP contribution in [-0.2, 0) is 19.0 Å². The Hall–Kier alpha value is -0.610. The molecule has 0 spiro atoms. The minimum atomic E-state index is -0.527. The third kappa shape index (κ3) is 3.68. The normalized spacial score (nSPS) is 31.5. The largest absolute Gasteiger partial charge is 0.469 e. The average molecular weight is 244 g/mol. The summed E-state index contributed by atoms with van der Waals surface area (Å²) >= 11 is 0. The van der Waals surface area contributed by atoms with Crippen molar-refractivity contribution in [1.82, 2.24) is 0 Å². The predicted molar refractivity (Wildman–Crippen MR) is 64.6 cm³/mol. The standard InChI is InChI=1S/C13H24O4/c1-6-13(4)10(16-12(2,3)17-13)8-7-9-11(14)15-5/h10H,6-9H2,1-5H3/t10-,13-/m1/s1. The Morgan fingerprint density at radius 2 is 2.00 bits per heavy atom. The zero-order valence-electron chi connectivity index (χ0n) is 11.5. The Labute approximate surface area is 104 Å². The topological polar surface area (TPSA) is 44.8 Å². The first-order chi connectivity index (χ1) is 7.83. The number of hydrogen-bond acceptors (Lipinski definition) is 4. The highest BCUT2D eigenvalue weighted by molar-refractivity contribution is 5.68. The summed E-state index contributed by atoms with van der Waals surface area (Å²) in [5.74, 6) is -0.692. The van der Waals surface area contributed by atoms with Gasteiger partial charge in [-0.15, -0.1) is 0 Å². The molecule has 2 atom stereocenters. The quantitative estimate of drug-likeness (QED) is 0.697. The molecule has 0 aliphatic carbocycles. The van der Waals surface area contributed by atoms with Gasteiger partial charge in [0.25, 0.3) is 0 Å². The van der Waals surface area contributed by atoms with E-state index in [-0.39, 0.29) is 17.7 Å². The van der Waals surface area contributed by atoms with Gasteiger partial charge in [-0.25, -0.2) is 0 Å². The molecule has 0 unspecified atom stereocenters. The highest BCUT2D eigenvalue weighted by Gasteiger charge is 2.48. The van der Waals surface area contributed by atoms with Gasteiger partial charge < -0.3 is 14.2 Å². The average Bonchev–Trinajstić information content (AvgIpc) is 2.49. The number of ether oxygens (including phenoxy) is 3. The second-order valence-electron chi connectivity index (χ2n) is 5.24. The maximum Gasteiger partial charge on any atom is 0.305 e. The Balaban J connectivity index is 2.49. The maximum atomic E-state index is 11.0. The van der Waals surface area contributed by atoms with E-state index >= 15 is 0 Å². The summed E-state index contributed by atoms with van der Waals surface area (Å²) in [5, 5.41) is 0. The van der Waals surface area contributed by atoms with E-state index in [2.05, 4.69) is 18.6 Å². The summed E-state index contributed by atoms with van der Waals surface area (Å²) in [4.78, 5) is 11.0. The fraction of sp³-hybridized carbons (Fsp3) is 0.923. The first-order valence-corrected chi connectivity index (χ1v) is 6.28. The van der Waals surface area contributed by atoms with Crippen LogP contribution in [0.2, 0.25) is 0 Å². The van der Waals surface area contributed by atoms with Crippen LogP contribution in [0.3, 0.4) is 0 Å². The monoisotopic (exact) mass is 244 g/mol. The van der Waals surface area contributed by atoms with Crippen molar-refractivity contribution >= 4 is 5.97 Å². The molecule has 1 saturated heterocycles. The van der Waals surface area contributed by atoms with Gasteiger partial charge in [0.1, 0.15) is 0 Å². The lowest BCUT2D eigenvalue weighted by Crippen LogP contribution is -2.36. The van der Waals surface area contributed by atoms with Crippen LogP contribution >= 0.6 is 0 Å². The molecule has 0 saturated carbocycles. The van der Waals surface area contributed by atoms with Gasteiger partial charge in [-0.3, -0.25) is 4.79 Å². The van der Waals surface area contributed by atoms with E-state index in [1.54, 1.807) is 0 Å². The van der Waals surface area contributed by atoms with Gasteiger partial charge in [-0.1, -0.05) is 6.92 Å². The van der Waals surface area contributed by atoms with E-state index in [1.165, 1.54) is 7.11 Å². The molecule has 0 amide bonds. The lowest BCUT2D eigenvalue weighted by molar-refractivity contribution is -0.160. The zero-order valence-corrected chi connectivity index (χ0v) is 11.5. The van der Waals surface area contributed by atoms with Crippen molar-refractivity contribution in [2.75, 3.05) is 7.11 Å². The molecule has 0 radical (unpaired) electrons. The second kappa shape index (κ2) is 5.36. The maximum absolute atomic E-state index is 11.0. The summed E-state index contributed by atoms with van der Waals surface area (Å²) in [6.45, 7) is 8.03. The molecule has 0 bridgehead atoms. The molecule has 1 heterocycles. The molecule has 1 fully saturated rings.